The number of rotatable bonds is 3. The number of carbonyl (C=O) groups excluding carboxylic acids is 1. The Labute approximate surface area is 74.7 Å². The van der Waals surface area contributed by atoms with Crippen LogP contribution in [0.3, 0.4) is 0 Å². The van der Waals surface area contributed by atoms with Crippen molar-refractivity contribution in [2.24, 2.45) is 5.73 Å². The van der Waals surface area contributed by atoms with Gasteiger partial charge in [0.25, 0.3) is 5.91 Å². The van der Waals surface area contributed by atoms with Gasteiger partial charge in [0.2, 0.25) is 0 Å². The Bertz CT molecular complexity index is 295. The highest BCUT2D eigenvalue weighted by atomic mass is 32.1. The SMILES string of the molecule is CNNc1c(C)csc1C(N)=O. The van der Waals surface area contributed by atoms with Crippen molar-refractivity contribution in [1.82, 2.24) is 5.43 Å². The summed E-state index contributed by atoms with van der Waals surface area (Å²) in [7, 11) is 1.74. The fraction of sp³-hybridized carbons (Fsp3) is 0.286. The van der Waals surface area contributed by atoms with Gasteiger partial charge >= 0.3 is 0 Å². The summed E-state index contributed by atoms with van der Waals surface area (Å²) in [5.74, 6) is -0.397. The maximum absolute atomic E-state index is 10.9. The molecule has 1 heterocycles. The monoisotopic (exact) mass is 185 g/mol. The molecule has 0 saturated carbocycles. The van der Waals surface area contributed by atoms with Crippen molar-refractivity contribution in [1.29, 1.82) is 0 Å². The Hall–Kier alpha value is -1.07. The molecule has 66 valence electrons. The van der Waals surface area contributed by atoms with Gasteiger partial charge in [-0.3, -0.25) is 4.79 Å². The Kier molecular flexibility index (Phi) is 2.67. The minimum atomic E-state index is -0.397. The van der Waals surface area contributed by atoms with Crippen LogP contribution in [0, 0.1) is 6.92 Å². The minimum Gasteiger partial charge on any atom is -0.365 e. The summed E-state index contributed by atoms with van der Waals surface area (Å²) in [6.07, 6.45) is 0. The third kappa shape index (κ3) is 1.57. The summed E-state index contributed by atoms with van der Waals surface area (Å²) in [5.41, 5.74) is 12.6. The van der Waals surface area contributed by atoms with Gasteiger partial charge in [-0.05, 0) is 17.9 Å². The van der Waals surface area contributed by atoms with Crippen molar-refractivity contribution in [3.63, 3.8) is 0 Å². The molecule has 0 bridgehead atoms. The summed E-state index contributed by atoms with van der Waals surface area (Å²) in [6.45, 7) is 1.92. The summed E-state index contributed by atoms with van der Waals surface area (Å²) in [6, 6.07) is 0. The van der Waals surface area contributed by atoms with Crippen LogP contribution in [0.4, 0.5) is 5.69 Å². The van der Waals surface area contributed by atoms with Gasteiger partial charge in [-0.15, -0.1) is 11.3 Å². The lowest BCUT2D eigenvalue weighted by Crippen LogP contribution is -2.19. The number of nitrogens with one attached hydrogen (secondary N) is 2. The van der Waals surface area contributed by atoms with Crippen LogP contribution in [0.15, 0.2) is 5.38 Å². The Morgan fingerprint density at radius 1 is 1.67 bits per heavy atom. The van der Waals surface area contributed by atoms with Crippen LogP contribution in [0.5, 0.6) is 0 Å². The first-order valence-electron chi connectivity index (χ1n) is 3.47. The number of hydrazine groups is 1. The lowest BCUT2D eigenvalue weighted by Gasteiger charge is -2.04. The van der Waals surface area contributed by atoms with Gasteiger partial charge in [0.05, 0.1) is 5.69 Å². The lowest BCUT2D eigenvalue weighted by atomic mass is 10.3. The van der Waals surface area contributed by atoms with E-state index in [1.54, 1.807) is 7.05 Å². The van der Waals surface area contributed by atoms with Crippen molar-refractivity contribution in [3.8, 4) is 0 Å². The van der Waals surface area contributed by atoms with E-state index in [2.05, 4.69) is 10.9 Å². The number of primary amides is 1. The molecule has 0 radical (unpaired) electrons. The predicted molar refractivity (Wildman–Crippen MR) is 50.3 cm³/mol. The molecule has 0 aliphatic carbocycles. The van der Waals surface area contributed by atoms with Crippen LogP contribution in [-0.4, -0.2) is 13.0 Å². The molecule has 4 nitrogen and oxygen atoms in total. The van der Waals surface area contributed by atoms with E-state index in [-0.39, 0.29) is 0 Å². The van der Waals surface area contributed by atoms with E-state index in [1.165, 1.54) is 11.3 Å². The second kappa shape index (κ2) is 3.55. The fourth-order valence-electron chi connectivity index (χ4n) is 0.906. The molecule has 4 N–H and O–H groups in total. The molecule has 0 saturated heterocycles. The zero-order valence-corrected chi connectivity index (χ0v) is 7.79. The predicted octanol–water partition coefficient (Wildman–Crippen LogP) is 0.702. The van der Waals surface area contributed by atoms with Crippen LogP contribution >= 0.6 is 11.3 Å². The maximum atomic E-state index is 10.9. The smallest absolute Gasteiger partial charge is 0.260 e. The molecule has 1 rings (SSSR count). The molecular formula is C7H11N3OS. The summed E-state index contributed by atoms with van der Waals surface area (Å²) < 4.78 is 0. The third-order valence-electron chi connectivity index (χ3n) is 1.45. The molecule has 0 fully saturated rings. The van der Waals surface area contributed by atoms with Gasteiger partial charge in [0.15, 0.2) is 0 Å². The van der Waals surface area contributed by atoms with E-state index in [0.29, 0.717) is 4.88 Å². The van der Waals surface area contributed by atoms with Crippen LogP contribution in [0.2, 0.25) is 0 Å². The number of aryl methyl sites for hydroxylation is 1. The molecule has 12 heavy (non-hydrogen) atoms. The quantitative estimate of drug-likeness (QED) is 0.607. The average molecular weight is 185 g/mol. The number of amides is 1. The number of nitrogens with two attached hydrogens (primary N) is 1. The highest BCUT2D eigenvalue weighted by Gasteiger charge is 2.11. The van der Waals surface area contributed by atoms with Gasteiger partial charge in [0.1, 0.15) is 4.88 Å². The lowest BCUT2D eigenvalue weighted by molar-refractivity contribution is 0.100. The van der Waals surface area contributed by atoms with E-state index in [1.807, 2.05) is 12.3 Å². The second-order valence-electron chi connectivity index (χ2n) is 2.36. The van der Waals surface area contributed by atoms with Crippen molar-refractivity contribution in [2.45, 2.75) is 6.92 Å². The van der Waals surface area contributed by atoms with Gasteiger partial charge in [-0.1, -0.05) is 0 Å². The largest absolute Gasteiger partial charge is 0.365 e. The standard InChI is InChI=1S/C7H11N3OS/c1-4-3-12-6(7(8)11)5(4)10-9-2/h3,9-10H,1-2H3,(H2,8,11). The number of anilines is 1. The molecule has 0 spiro atoms. The summed E-state index contributed by atoms with van der Waals surface area (Å²) in [4.78, 5) is 11.4. The van der Waals surface area contributed by atoms with E-state index < -0.39 is 5.91 Å². The first-order valence-corrected chi connectivity index (χ1v) is 4.35. The van der Waals surface area contributed by atoms with E-state index in [9.17, 15) is 4.79 Å². The van der Waals surface area contributed by atoms with Gasteiger partial charge in [0, 0.05) is 7.05 Å². The zero-order chi connectivity index (χ0) is 9.14. The molecular weight excluding hydrogens is 174 g/mol. The second-order valence-corrected chi connectivity index (χ2v) is 3.24. The van der Waals surface area contributed by atoms with E-state index >= 15 is 0 Å². The Balaban J connectivity index is 3.03. The average Bonchev–Trinajstić information content (AvgIpc) is 2.34. The van der Waals surface area contributed by atoms with E-state index in [4.69, 9.17) is 5.73 Å². The number of hydrogen-bond donors (Lipinski definition) is 3. The molecule has 1 aromatic heterocycles. The van der Waals surface area contributed by atoms with Crippen molar-refractivity contribution in [2.75, 3.05) is 12.5 Å². The summed E-state index contributed by atoms with van der Waals surface area (Å²) >= 11 is 1.35. The molecule has 0 aliphatic heterocycles. The molecule has 5 heteroatoms. The van der Waals surface area contributed by atoms with Crippen molar-refractivity contribution >= 4 is 22.9 Å². The molecule has 0 unspecified atom stereocenters. The molecule has 0 aliphatic rings. The third-order valence-corrected chi connectivity index (χ3v) is 2.56. The van der Waals surface area contributed by atoms with E-state index in [0.717, 1.165) is 11.3 Å². The maximum Gasteiger partial charge on any atom is 0.260 e. The Morgan fingerprint density at radius 3 is 2.83 bits per heavy atom. The molecule has 0 atom stereocenters. The molecule has 0 aromatic carbocycles. The first kappa shape index (κ1) is 9.02. The van der Waals surface area contributed by atoms with Crippen molar-refractivity contribution < 1.29 is 4.79 Å². The van der Waals surface area contributed by atoms with Crippen LogP contribution in [-0.2, 0) is 0 Å². The Morgan fingerprint density at radius 2 is 2.33 bits per heavy atom. The van der Waals surface area contributed by atoms with Gasteiger partial charge in [-0.25, -0.2) is 5.43 Å². The molecule has 1 amide bonds. The topological polar surface area (TPSA) is 67.2 Å². The first-order chi connectivity index (χ1) is 5.66. The number of carbonyl (C=O) groups is 1. The molecule has 1 aromatic rings. The minimum absolute atomic E-state index is 0.397. The van der Waals surface area contributed by atoms with Crippen LogP contribution in [0.1, 0.15) is 15.2 Å². The fourth-order valence-corrected chi connectivity index (χ4v) is 1.76. The van der Waals surface area contributed by atoms with Crippen molar-refractivity contribution in [3.05, 3.63) is 15.8 Å². The zero-order valence-electron chi connectivity index (χ0n) is 6.97. The van der Waals surface area contributed by atoms with Crippen LogP contribution < -0.4 is 16.6 Å². The normalized spacial score (nSPS) is 9.83. The highest BCUT2D eigenvalue weighted by molar-refractivity contribution is 7.12. The van der Waals surface area contributed by atoms with Crippen LogP contribution in [0.25, 0.3) is 0 Å². The van der Waals surface area contributed by atoms with Gasteiger partial charge in [-0.2, -0.15) is 0 Å². The number of hydrogen-bond acceptors (Lipinski definition) is 4. The number of thiophene rings is 1. The van der Waals surface area contributed by atoms with Gasteiger partial charge < -0.3 is 11.2 Å². The summed E-state index contributed by atoms with van der Waals surface area (Å²) in [5, 5.41) is 1.89. The highest BCUT2D eigenvalue weighted by Crippen LogP contribution is 2.26.